The summed E-state index contributed by atoms with van der Waals surface area (Å²) < 4.78 is 18.4. The maximum Gasteiger partial charge on any atom is 0.258 e. The number of benzene rings is 2. The smallest absolute Gasteiger partial charge is 0.258 e. The molecule has 0 heterocycles. The van der Waals surface area contributed by atoms with E-state index in [1.54, 1.807) is 0 Å². The van der Waals surface area contributed by atoms with Crippen LogP contribution in [0.1, 0.15) is 24.4 Å². The summed E-state index contributed by atoms with van der Waals surface area (Å²) in [4.78, 5) is 12.2. The van der Waals surface area contributed by atoms with Crippen LogP contribution in [0.4, 0.5) is 4.39 Å². The molecule has 2 aromatic rings. The van der Waals surface area contributed by atoms with E-state index in [1.807, 2.05) is 24.3 Å². The van der Waals surface area contributed by atoms with E-state index < -0.39 is 5.82 Å². The number of carbonyl (C=O) groups excluding carboxylic acids is 1. The van der Waals surface area contributed by atoms with Gasteiger partial charge in [0.2, 0.25) is 0 Å². The molecule has 6 heteroatoms. The summed E-state index contributed by atoms with van der Waals surface area (Å²) in [7, 11) is 0. The Morgan fingerprint density at radius 2 is 1.92 bits per heavy atom. The van der Waals surface area contributed by atoms with Gasteiger partial charge in [0.05, 0.1) is 11.1 Å². The Balaban J connectivity index is 1.61. The summed E-state index contributed by atoms with van der Waals surface area (Å²) in [6, 6.07) is 11.2. The van der Waals surface area contributed by atoms with Crippen molar-refractivity contribution >= 4 is 29.1 Å². The molecule has 1 atom stereocenters. The van der Waals surface area contributed by atoms with Crippen molar-refractivity contribution in [1.29, 1.82) is 0 Å². The second kappa shape index (κ2) is 7.41. The van der Waals surface area contributed by atoms with Crippen LogP contribution in [0.25, 0.3) is 0 Å². The number of hydrogen-bond donors (Lipinski definition) is 1. The molecule has 0 aliphatic heterocycles. The van der Waals surface area contributed by atoms with Gasteiger partial charge in [-0.3, -0.25) is 4.79 Å². The van der Waals surface area contributed by atoms with Gasteiger partial charge < -0.3 is 10.1 Å². The molecule has 24 heavy (non-hydrogen) atoms. The van der Waals surface area contributed by atoms with Crippen LogP contribution in [0.2, 0.25) is 10.0 Å². The van der Waals surface area contributed by atoms with Gasteiger partial charge >= 0.3 is 0 Å². The van der Waals surface area contributed by atoms with Gasteiger partial charge in [-0.15, -0.1) is 0 Å². The van der Waals surface area contributed by atoms with Crippen LogP contribution >= 0.6 is 23.2 Å². The molecule has 0 aromatic heterocycles. The van der Waals surface area contributed by atoms with E-state index in [1.165, 1.54) is 12.1 Å². The molecule has 0 spiro atoms. The SMILES string of the molecule is O=C(COc1ccc(F)cc1Cl)N[C@H](c1ccc(Cl)cc1)C1CC1. The number of carbonyl (C=O) groups is 1. The Kier molecular flexibility index (Phi) is 5.27. The number of halogens is 3. The van der Waals surface area contributed by atoms with Crippen LogP contribution in [-0.4, -0.2) is 12.5 Å². The lowest BCUT2D eigenvalue weighted by molar-refractivity contribution is -0.124. The van der Waals surface area contributed by atoms with Crippen LogP contribution < -0.4 is 10.1 Å². The Morgan fingerprint density at radius 1 is 1.21 bits per heavy atom. The molecular formula is C18H16Cl2FNO2. The van der Waals surface area contributed by atoms with Crippen molar-refractivity contribution in [3.8, 4) is 5.75 Å². The third-order valence-electron chi connectivity index (χ3n) is 3.89. The lowest BCUT2D eigenvalue weighted by Crippen LogP contribution is -2.33. The highest BCUT2D eigenvalue weighted by molar-refractivity contribution is 6.32. The van der Waals surface area contributed by atoms with Gasteiger partial charge in [0.15, 0.2) is 6.61 Å². The first-order valence-corrected chi connectivity index (χ1v) is 8.41. The Morgan fingerprint density at radius 3 is 2.54 bits per heavy atom. The number of rotatable bonds is 6. The van der Waals surface area contributed by atoms with Gasteiger partial charge in [-0.2, -0.15) is 0 Å². The maximum atomic E-state index is 13.0. The fraction of sp³-hybridized carbons (Fsp3) is 0.278. The second-order valence-electron chi connectivity index (χ2n) is 5.80. The zero-order valence-electron chi connectivity index (χ0n) is 12.8. The van der Waals surface area contributed by atoms with E-state index in [0.29, 0.717) is 10.9 Å². The summed E-state index contributed by atoms with van der Waals surface area (Å²) in [5, 5.41) is 3.79. The lowest BCUT2D eigenvalue weighted by atomic mass is 10.0. The number of nitrogens with one attached hydrogen (secondary N) is 1. The van der Waals surface area contributed by atoms with E-state index in [-0.39, 0.29) is 29.3 Å². The molecule has 1 fully saturated rings. The Hall–Kier alpha value is -1.78. The van der Waals surface area contributed by atoms with E-state index >= 15 is 0 Å². The quantitative estimate of drug-likeness (QED) is 0.797. The van der Waals surface area contributed by atoms with Crippen LogP contribution in [0.3, 0.4) is 0 Å². The molecule has 0 unspecified atom stereocenters. The van der Waals surface area contributed by atoms with Crippen molar-refractivity contribution in [3.05, 3.63) is 63.9 Å². The molecular weight excluding hydrogens is 352 g/mol. The molecule has 1 aliphatic rings. The summed E-state index contributed by atoms with van der Waals surface area (Å²) in [5.41, 5.74) is 1.02. The summed E-state index contributed by atoms with van der Waals surface area (Å²) >= 11 is 11.8. The third-order valence-corrected chi connectivity index (χ3v) is 4.44. The topological polar surface area (TPSA) is 38.3 Å². The molecule has 0 bridgehead atoms. The molecule has 0 radical (unpaired) electrons. The third kappa shape index (κ3) is 4.40. The van der Waals surface area contributed by atoms with Crippen molar-refractivity contribution in [3.63, 3.8) is 0 Å². The first kappa shape index (κ1) is 17.1. The molecule has 1 amide bonds. The molecule has 1 N–H and O–H groups in total. The molecule has 2 aromatic carbocycles. The van der Waals surface area contributed by atoms with E-state index in [2.05, 4.69) is 5.32 Å². The minimum absolute atomic E-state index is 0.0537. The van der Waals surface area contributed by atoms with E-state index in [9.17, 15) is 9.18 Å². The fourth-order valence-corrected chi connectivity index (χ4v) is 2.87. The average Bonchev–Trinajstić information content (AvgIpc) is 3.37. The van der Waals surface area contributed by atoms with Gasteiger partial charge in [-0.05, 0) is 54.7 Å². The summed E-state index contributed by atoms with van der Waals surface area (Å²) in [5.74, 6) is 0.0165. The number of amides is 1. The van der Waals surface area contributed by atoms with Crippen LogP contribution in [0.5, 0.6) is 5.75 Å². The first-order chi connectivity index (χ1) is 11.5. The largest absolute Gasteiger partial charge is 0.482 e. The molecule has 3 nitrogen and oxygen atoms in total. The zero-order valence-corrected chi connectivity index (χ0v) is 14.3. The van der Waals surface area contributed by atoms with Gasteiger partial charge in [-0.25, -0.2) is 4.39 Å². The molecule has 1 saturated carbocycles. The minimum Gasteiger partial charge on any atom is -0.482 e. The standard InChI is InChI=1S/C18H16Cl2FNO2/c19-13-5-3-12(4-6-13)18(11-1-2-11)22-17(23)10-24-16-8-7-14(21)9-15(16)20/h3-9,11,18H,1-2,10H2,(H,22,23)/t18-/m0/s1. The minimum atomic E-state index is -0.451. The number of hydrogen-bond acceptors (Lipinski definition) is 2. The first-order valence-electron chi connectivity index (χ1n) is 7.65. The van der Waals surface area contributed by atoms with Crippen molar-refractivity contribution < 1.29 is 13.9 Å². The van der Waals surface area contributed by atoms with E-state index in [0.717, 1.165) is 24.5 Å². The Bertz CT molecular complexity index is 732. The van der Waals surface area contributed by atoms with Gasteiger partial charge in [0.1, 0.15) is 11.6 Å². The average molecular weight is 368 g/mol. The normalized spacial score (nSPS) is 15.0. The molecule has 126 valence electrons. The highest BCUT2D eigenvalue weighted by Crippen LogP contribution is 2.41. The van der Waals surface area contributed by atoms with Gasteiger partial charge in [-0.1, -0.05) is 35.3 Å². The fourth-order valence-electron chi connectivity index (χ4n) is 2.52. The second-order valence-corrected chi connectivity index (χ2v) is 6.64. The molecule has 1 aliphatic carbocycles. The highest BCUT2D eigenvalue weighted by atomic mass is 35.5. The zero-order chi connectivity index (χ0) is 17.1. The molecule has 3 rings (SSSR count). The van der Waals surface area contributed by atoms with Crippen LogP contribution in [0, 0.1) is 11.7 Å². The maximum absolute atomic E-state index is 13.0. The van der Waals surface area contributed by atoms with Crippen molar-refractivity contribution in [2.24, 2.45) is 5.92 Å². The van der Waals surface area contributed by atoms with Crippen LogP contribution in [-0.2, 0) is 4.79 Å². The van der Waals surface area contributed by atoms with Crippen molar-refractivity contribution in [1.82, 2.24) is 5.32 Å². The van der Waals surface area contributed by atoms with Crippen LogP contribution in [0.15, 0.2) is 42.5 Å². The molecule has 0 saturated heterocycles. The number of ether oxygens (including phenoxy) is 1. The van der Waals surface area contributed by atoms with Crippen molar-refractivity contribution in [2.75, 3.05) is 6.61 Å². The highest BCUT2D eigenvalue weighted by Gasteiger charge is 2.33. The summed E-state index contributed by atoms with van der Waals surface area (Å²) in [6.45, 7) is -0.178. The van der Waals surface area contributed by atoms with Gasteiger partial charge in [0.25, 0.3) is 5.91 Å². The monoisotopic (exact) mass is 367 g/mol. The summed E-state index contributed by atoms with van der Waals surface area (Å²) in [6.07, 6.45) is 2.16. The lowest BCUT2D eigenvalue weighted by Gasteiger charge is -2.19. The predicted octanol–water partition coefficient (Wildman–Crippen LogP) is 4.78. The predicted molar refractivity (Wildman–Crippen MR) is 92.0 cm³/mol. The van der Waals surface area contributed by atoms with Gasteiger partial charge in [0, 0.05) is 5.02 Å². The Labute approximate surface area is 149 Å². The van der Waals surface area contributed by atoms with Crippen molar-refractivity contribution in [2.45, 2.75) is 18.9 Å². The van der Waals surface area contributed by atoms with E-state index in [4.69, 9.17) is 27.9 Å².